The van der Waals surface area contributed by atoms with E-state index >= 15 is 0 Å². The Hall–Kier alpha value is -4.82. The van der Waals surface area contributed by atoms with Gasteiger partial charge in [0.25, 0.3) is 0 Å². The summed E-state index contributed by atoms with van der Waals surface area (Å²) in [5.41, 5.74) is 0.508. The molecule has 226 valence electrons. The van der Waals surface area contributed by atoms with Gasteiger partial charge in [-0.3, -0.25) is 29.0 Å². The molecule has 0 spiro atoms. The van der Waals surface area contributed by atoms with Crippen molar-refractivity contribution in [1.29, 1.82) is 0 Å². The molecule has 0 heterocycles. The summed E-state index contributed by atoms with van der Waals surface area (Å²) in [6.07, 6.45) is 0.664. The van der Waals surface area contributed by atoms with Crippen LogP contribution in [0.3, 0.4) is 0 Å². The van der Waals surface area contributed by atoms with Gasteiger partial charge in [0.15, 0.2) is 0 Å². The fraction of sp³-hybridized carbons (Fsp3) is 0.357. The van der Waals surface area contributed by atoms with E-state index in [-0.39, 0.29) is 42.3 Å². The summed E-state index contributed by atoms with van der Waals surface area (Å²) >= 11 is 0. The van der Waals surface area contributed by atoms with E-state index in [0.717, 1.165) is 4.90 Å². The number of hydrogen-bond donors (Lipinski definition) is 2. The molecule has 2 N–H and O–H groups in total. The third-order valence-corrected chi connectivity index (χ3v) is 5.42. The minimum atomic E-state index is -1.25. The second kappa shape index (κ2) is 17.1. The first kappa shape index (κ1) is 33.4. The van der Waals surface area contributed by atoms with Crippen LogP contribution >= 0.6 is 0 Å². The Morgan fingerprint density at radius 2 is 1.05 bits per heavy atom. The van der Waals surface area contributed by atoms with E-state index in [0.29, 0.717) is 6.42 Å². The maximum absolute atomic E-state index is 12.7. The molecule has 14 heteroatoms. The Bertz CT molecular complexity index is 1230. The fourth-order valence-electron chi connectivity index (χ4n) is 3.50. The number of esters is 4. The van der Waals surface area contributed by atoms with Crippen LogP contribution in [-0.4, -0.2) is 109 Å². The molecule has 0 aliphatic carbocycles. The van der Waals surface area contributed by atoms with Gasteiger partial charge >= 0.3 is 35.8 Å². The number of methoxy groups -OCH3 is 1. The number of carboxylic acids is 2. The zero-order chi connectivity index (χ0) is 31.1. The average molecular weight is 589 g/mol. The number of nitrogens with zero attached hydrogens (tertiary/aromatic N) is 2. The van der Waals surface area contributed by atoms with Crippen molar-refractivity contribution < 1.29 is 57.9 Å². The van der Waals surface area contributed by atoms with Crippen LogP contribution in [0.15, 0.2) is 48.5 Å². The minimum Gasteiger partial charge on any atom is -0.480 e. The van der Waals surface area contributed by atoms with Gasteiger partial charge in [0.1, 0.15) is 11.5 Å². The predicted molar refractivity (Wildman–Crippen MR) is 144 cm³/mol. The van der Waals surface area contributed by atoms with Gasteiger partial charge in [0.05, 0.1) is 51.0 Å². The van der Waals surface area contributed by atoms with Crippen molar-refractivity contribution in [3.63, 3.8) is 0 Å². The van der Waals surface area contributed by atoms with E-state index < -0.39 is 62.0 Å². The van der Waals surface area contributed by atoms with Crippen LogP contribution in [0.2, 0.25) is 0 Å². The summed E-state index contributed by atoms with van der Waals surface area (Å²) in [5, 5.41) is 18.2. The van der Waals surface area contributed by atoms with Gasteiger partial charge in [-0.2, -0.15) is 0 Å². The molecule has 0 aromatic heterocycles. The van der Waals surface area contributed by atoms with Gasteiger partial charge in [-0.15, -0.1) is 0 Å². The van der Waals surface area contributed by atoms with Gasteiger partial charge in [-0.25, -0.2) is 9.59 Å². The highest BCUT2D eigenvalue weighted by molar-refractivity contribution is 5.90. The molecule has 14 nitrogen and oxygen atoms in total. The van der Waals surface area contributed by atoms with E-state index in [9.17, 15) is 28.8 Å². The summed E-state index contributed by atoms with van der Waals surface area (Å²) < 4.78 is 20.3. The minimum absolute atomic E-state index is 0.0890. The number of aliphatic carboxylic acids is 2. The molecule has 0 bridgehead atoms. The molecule has 0 amide bonds. The molecular formula is C28H32N2O12. The molecule has 2 rings (SSSR count). The van der Waals surface area contributed by atoms with E-state index in [2.05, 4.69) is 4.74 Å². The molecule has 0 atom stereocenters. The van der Waals surface area contributed by atoms with Crippen molar-refractivity contribution >= 4 is 35.8 Å². The van der Waals surface area contributed by atoms with Crippen LogP contribution in [0, 0.1) is 0 Å². The van der Waals surface area contributed by atoms with Crippen molar-refractivity contribution in [3.8, 4) is 11.5 Å². The number of carboxylic acid groups (broad SMARTS) is 2. The molecular weight excluding hydrogens is 556 g/mol. The first-order chi connectivity index (χ1) is 20.0. The highest BCUT2D eigenvalue weighted by Gasteiger charge is 2.21. The highest BCUT2D eigenvalue weighted by atomic mass is 16.5. The molecule has 0 fully saturated rings. The van der Waals surface area contributed by atoms with Crippen LogP contribution in [0.25, 0.3) is 0 Å². The Morgan fingerprint density at radius 3 is 1.43 bits per heavy atom. The number of ether oxygens (including phenoxy) is 4. The van der Waals surface area contributed by atoms with Gasteiger partial charge in [0.2, 0.25) is 0 Å². The zero-order valence-electron chi connectivity index (χ0n) is 23.1. The van der Waals surface area contributed by atoms with Gasteiger partial charge in [-0.05, 0) is 55.0 Å². The largest absolute Gasteiger partial charge is 0.480 e. The van der Waals surface area contributed by atoms with E-state index in [4.69, 9.17) is 24.4 Å². The van der Waals surface area contributed by atoms with Crippen molar-refractivity contribution in [1.82, 2.24) is 9.80 Å². The first-order valence-corrected chi connectivity index (χ1v) is 12.8. The van der Waals surface area contributed by atoms with Gasteiger partial charge in [0, 0.05) is 13.1 Å². The third kappa shape index (κ3) is 12.1. The molecule has 2 aromatic carbocycles. The summed E-state index contributed by atoms with van der Waals surface area (Å²) in [5.74, 6) is -4.92. The highest BCUT2D eigenvalue weighted by Crippen LogP contribution is 2.15. The van der Waals surface area contributed by atoms with Crippen molar-refractivity contribution in [2.45, 2.75) is 13.3 Å². The Kier molecular flexibility index (Phi) is 13.6. The van der Waals surface area contributed by atoms with Crippen LogP contribution < -0.4 is 9.47 Å². The lowest BCUT2D eigenvalue weighted by molar-refractivity contribution is -0.144. The van der Waals surface area contributed by atoms with Gasteiger partial charge in [-0.1, -0.05) is 6.92 Å². The number of carbonyl (C=O) groups excluding carboxylic acids is 4. The first-order valence-electron chi connectivity index (χ1n) is 12.8. The smallest absolute Gasteiger partial charge is 0.338 e. The normalized spacial score (nSPS) is 10.7. The standard InChI is InChI=1S/C28H32N2O12/c1-3-14-40-28(38)20-6-10-22(11-7-20)42-26(36)18-30(13-12-29(15-23(31)32)16-24(33)34)17-25(35)41-21-8-4-19(5-9-21)27(37)39-2/h4-11H,3,12-18H2,1-2H3,(H,31,32)(H,33,34). The van der Waals surface area contributed by atoms with Crippen LogP contribution in [0.4, 0.5) is 0 Å². The Morgan fingerprint density at radius 1 is 0.643 bits per heavy atom. The van der Waals surface area contributed by atoms with Crippen molar-refractivity contribution in [2.24, 2.45) is 0 Å². The van der Waals surface area contributed by atoms with Crippen molar-refractivity contribution in [2.75, 3.05) is 53.0 Å². The fourth-order valence-corrected chi connectivity index (χ4v) is 3.50. The second-order valence-corrected chi connectivity index (χ2v) is 8.83. The lowest BCUT2D eigenvalue weighted by Crippen LogP contribution is -2.44. The third-order valence-electron chi connectivity index (χ3n) is 5.42. The molecule has 0 saturated carbocycles. The zero-order valence-corrected chi connectivity index (χ0v) is 23.1. The SMILES string of the molecule is CCCOC(=O)c1ccc(OC(=O)CN(CCN(CC(=O)O)CC(=O)O)CC(=O)Oc2ccc(C(=O)OC)cc2)cc1. The van der Waals surface area contributed by atoms with E-state index in [1.807, 2.05) is 6.92 Å². The van der Waals surface area contributed by atoms with E-state index in [1.54, 1.807) is 0 Å². The Balaban J connectivity index is 2.09. The number of benzene rings is 2. The molecule has 0 saturated heterocycles. The molecule has 0 radical (unpaired) electrons. The summed E-state index contributed by atoms with van der Waals surface area (Å²) in [4.78, 5) is 73.6. The van der Waals surface area contributed by atoms with Gasteiger partial charge < -0.3 is 29.2 Å². The number of hydrogen-bond acceptors (Lipinski definition) is 12. The summed E-state index contributed by atoms with van der Waals surface area (Å²) in [7, 11) is 1.23. The molecule has 2 aromatic rings. The molecule has 0 aliphatic heterocycles. The molecule has 0 aliphatic rings. The van der Waals surface area contributed by atoms with Crippen LogP contribution in [0.5, 0.6) is 11.5 Å². The maximum Gasteiger partial charge on any atom is 0.338 e. The monoisotopic (exact) mass is 588 g/mol. The lowest BCUT2D eigenvalue weighted by Gasteiger charge is -2.24. The molecule has 0 unspecified atom stereocenters. The average Bonchev–Trinajstić information content (AvgIpc) is 2.94. The van der Waals surface area contributed by atoms with Crippen molar-refractivity contribution in [3.05, 3.63) is 59.7 Å². The second-order valence-electron chi connectivity index (χ2n) is 8.83. The topological polar surface area (TPSA) is 186 Å². The Labute approximate surface area is 241 Å². The van der Waals surface area contributed by atoms with Crippen LogP contribution in [0.1, 0.15) is 34.1 Å². The summed E-state index contributed by atoms with van der Waals surface area (Å²) in [6.45, 7) is -0.102. The number of rotatable bonds is 17. The van der Waals surface area contributed by atoms with Crippen LogP contribution in [-0.2, 0) is 28.7 Å². The van der Waals surface area contributed by atoms with E-state index in [1.165, 1.54) is 60.5 Å². The quantitative estimate of drug-likeness (QED) is 0.199. The molecule has 42 heavy (non-hydrogen) atoms. The maximum atomic E-state index is 12.7. The number of carbonyl (C=O) groups is 6. The predicted octanol–water partition coefficient (Wildman–Crippen LogP) is 1.32. The summed E-state index contributed by atoms with van der Waals surface area (Å²) in [6, 6.07) is 11.2. The lowest BCUT2D eigenvalue weighted by atomic mass is 10.2.